The molecule has 2 rings (SSSR count). The first-order valence-corrected chi connectivity index (χ1v) is 7.91. The van der Waals surface area contributed by atoms with E-state index in [9.17, 15) is 9.59 Å². The van der Waals surface area contributed by atoms with E-state index in [2.05, 4.69) is 10.9 Å². The summed E-state index contributed by atoms with van der Waals surface area (Å²) in [6, 6.07) is 16.5. The lowest BCUT2D eigenvalue weighted by atomic mass is 10.1. The van der Waals surface area contributed by atoms with Crippen molar-refractivity contribution in [3.63, 3.8) is 0 Å². The predicted molar refractivity (Wildman–Crippen MR) is 92.3 cm³/mol. The number of nitrogens with one attached hydrogen (secondary N) is 2. The van der Waals surface area contributed by atoms with E-state index in [1.54, 1.807) is 12.1 Å². The van der Waals surface area contributed by atoms with E-state index in [4.69, 9.17) is 4.74 Å². The van der Waals surface area contributed by atoms with Crippen LogP contribution in [0, 0.1) is 5.92 Å². The minimum Gasteiger partial charge on any atom is -0.489 e. The molecule has 0 aromatic heterocycles. The summed E-state index contributed by atoms with van der Waals surface area (Å²) in [4.78, 5) is 23.9. The van der Waals surface area contributed by atoms with Crippen LogP contribution < -0.4 is 15.6 Å². The third kappa shape index (κ3) is 5.43. The highest BCUT2D eigenvalue weighted by atomic mass is 16.5. The molecule has 0 aliphatic carbocycles. The van der Waals surface area contributed by atoms with Gasteiger partial charge in [0.1, 0.15) is 12.4 Å². The van der Waals surface area contributed by atoms with Gasteiger partial charge < -0.3 is 4.74 Å². The SMILES string of the molecule is CC(C)CC(=O)NNC(=O)c1ccccc1COc1ccccc1. The Morgan fingerprint density at radius 1 is 0.958 bits per heavy atom. The number of hydrogen-bond donors (Lipinski definition) is 2. The van der Waals surface area contributed by atoms with Crippen LogP contribution in [0.1, 0.15) is 36.2 Å². The van der Waals surface area contributed by atoms with E-state index in [0.29, 0.717) is 12.0 Å². The Bertz CT molecular complexity index is 684. The van der Waals surface area contributed by atoms with Crippen LogP contribution in [0.3, 0.4) is 0 Å². The molecule has 0 aliphatic rings. The summed E-state index contributed by atoms with van der Waals surface area (Å²) in [5.41, 5.74) is 6.10. The molecule has 0 unspecified atom stereocenters. The quantitative estimate of drug-likeness (QED) is 0.802. The highest BCUT2D eigenvalue weighted by Gasteiger charge is 2.12. The number of carbonyl (C=O) groups excluding carboxylic acids is 2. The zero-order valence-electron chi connectivity index (χ0n) is 13.9. The molecule has 2 aromatic carbocycles. The molecule has 0 fully saturated rings. The van der Waals surface area contributed by atoms with E-state index in [1.165, 1.54) is 0 Å². The minimum atomic E-state index is -0.362. The summed E-state index contributed by atoms with van der Waals surface area (Å²) in [5, 5.41) is 0. The van der Waals surface area contributed by atoms with Crippen molar-refractivity contribution in [1.82, 2.24) is 10.9 Å². The van der Waals surface area contributed by atoms with Gasteiger partial charge in [-0.15, -0.1) is 0 Å². The van der Waals surface area contributed by atoms with Crippen LogP contribution in [-0.2, 0) is 11.4 Å². The van der Waals surface area contributed by atoms with Gasteiger partial charge in [0.05, 0.1) is 0 Å². The molecule has 0 radical (unpaired) electrons. The van der Waals surface area contributed by atoms with Gasteiger partial charge in [0.2, 0.25) is 5.91 Å². The number of para-hydroxylation sites is 1. The van der Waals surface area contributed by atoms with Gasteiger partial charge in [-0.05, 0) is 24.1 Å². The Kier molecular flexibility index (Phi) is 6.37. The zero-order valence-corrected chi connectivity index (χ0v) is 13.9. The standard InChI is InChI=1S/C19H22N2O3/c1-14(2)12-18(22)20-21-19(23)17-11-7-6-8-15(17)13-24-16-9-4-3-5-10-16/h3-11,14H,12-13H2,1-2H3,(H,20,22)(H,21,23). The van der Waals surface area contributed by atoms with Crippen LogP contribution in [0.15, 0.2) is 54.6 Å². The highest BCUT2D eigenvalue weighted by Crippen LogP contribution is 2.14. The normalized spacial score (nSPS) is 10.3. The second-order valence-corrected chi connectivity index (χ2v) is 5.86. The van der Waals surface area contributed by atoms with Gasteiger partial charge in [0.15, 0.2) is 0 Å². The van der Waals surface area contributed by atoms with Gasteiger partial charge in [-0.2, -0.15) is 0 Å². The summed E-state index contributed by atoms with van der Waals surface area (Å²) < 4.78 is 5.69. The van der Waals surface area contributed by atoms with Crippen LogP contribution >= 0.6 is 0 Å². The molecule has 126 valence electrons. The molecule has 5 nitrogen and oxygen atoms in total. The Morgan fingerprint density at radius 3 is 2.33 bits per heavy atom. The number of ether oxygens (including phenoxy) is 1. The maximum absolute atomic E-state index is 12.3. The van der Waals surface area contributed by atoms with Crippen LogP contribution in [-0.4, -0.2) is 11.8 Å². The van der Waals surface area contributed by atoms with Crippen LogP contribution in [0.4, 0.5) is 0 Å². The van der Waals surface area contributed by atoms with Crippen LogP contribution in [0.25, 0.3) is 0 Å². The molecule has 2 aromatic rings. The van der Waals surface area contributed by atoms with Crippen molar-refractivity contribution in [3.05, 3.63) is 65.7 Å². The van der Waals surface area contributed by atoms with Gasteiger partial charge in [0, 0.05) is 17.5 Å². The zero-order chi connectivity index (χ0) is 17.4. The fraction of sp³-hybridized carbons (Fsp3) is 0.263. The first kappa shape index (κ1) is 17.5. The average Bonchev–Trinajstić information content (AvgIpc) is 2.58. The first-order valence-electron chi connectivity index (χ1n) is 7.91. The largest absolute Gasteiger partial charge is 0.489 e. The molecule has 0 saturated heterocycles. The lowest BCUT2D eigenvalue weighted by molar-refractivity contribution is -0.122. The molecular weight excluding hydrogens is 304 g/mol. The second kappa shape index (κ2) is 8.72. The topological polar surface area (TPSA) is 67.4 Å². The van der Waals surface area contributed by atoms with E-state index >= 15 is 0 Å². The molecule has 0 atom stereocenters. The molecule has 2 N–H and O–H groups in total. The second-order valence-electron chi connectivity index (χ2n) is 5.86. The minimum absolute atomic E-state index is 0.212. The van der Waals surface area contributed by atoms with Gasteiger partial charge in [-0.3, -0.25) is 20.4 Å². The number of benzene rings is 2. The average molecular weight is 326 g/mol. The lowest BCUT2D eigenvalue weighted by Crippen LogP contribution is -2.42. The third-order valence-electron chi connectivity index (χ3n) is 3.31. The number of amides is 2. The van der Waals surface area contributed by atoms with E-state index in [-0.39, 0.29) is 24.3 Å². The highest BCUT2D eigenvalue weighted by molar-refractivity contribution is 5.96. The summed E-state index contributed by atoms with van der Waals surface area (Å²) in [6.45, 7) is 4.16. The Hall–Kier alpha value is -2.82. The fourth-order valence-electron chi connectivity index (χ4n) is 2.16. The predicted octanol–water partition coefficient (Wildman–Crippen LogP) is 3.07. The van der Waals surface area contributed by atoms with Crippen molar-refractivity contribution in [1.29, 1.82) is 0 Å². The molecule has 0 aliphatic heterocycles. The summed E-state index contributed by atoms with van der Waals surface area (Å²) in [6.07, 6.45) is 0.360. The maximum atomic E-state index is 12.3. The van der Waals surface area contributed by atoms with Crippen LogP contribution in [0.2, 0.25) is 0 Å². The van der Waals surface area contributed by atoms with Crippen molar-refractivity contribution in [2.75, 3.05) is 0 Å². The van der Waals surface area contributed by atoms with E-state index < -0.39 is 0 Å². The molecule has 5 heteroatoms. The summed E-state index contributed by atoms with van der Waals surface area (Å²) in [7, 11) is 0. The number of carbonyl (C=O) groups is 2. The Balaban J connectivity index is 1.97. The number of hydrogen-bond acceptors (Lipinski definition) is 3. The molecule has 24 heavy (non-hydrogen) atoms. The molecule has 2 amide bonds. The number of rotatable bonds is 6. The molecule has 0 saturated carbocycles. The third-order valence-corrected chi connectivity index (χ3v) is 3.31. The van der Waals surface area contributed by atoms with Crippen molar-refractivity contribution >= 4 is 11.8 Å². The van der Waals surface area contributed by atoms with Gasteiger partial charge in [-0.25, -0.2) is 0 Å². The fourth-order valence-corrected chi connectivity index (χ4v) is 2.16. The van der Waals surface area contributed by atoms with E-state index in [0.717, 1.165) is 11.3 Å². The monoisotopic (exact) mass is 326 g/mol. The van der Waals surface area contributed by atoms with Crippen molar-refractivity contribution < 1.29 is 14.3 Å². The summed E-state index contributed by atoms with van der Waals surface area (Å²) >= 11 is 0. The van der Waals surface area contributed by atoms with Crippen molar-refractivity contribution in [2.24, 2.45) is 5.92 Å². The Labute approximate surface area is 142 Å². The first-order chi connectivity index (χ1) is 11.6. The Morgan fingerprint density at radius 2 is 1.62 bits per heavy atom. The maximum Gasteiger partial charge on any atom is 0.270 e. The van der Waals surface area contributed by atoms with Crippen molar-refractivity contribution in [3.8, 4) is 5.75 Å². The molecule has 0 spiro atoms. The molecule has 0 bridgehead atoms. The van der Waals surface area contributed by atoms with Gasteiger partial charge in [-0.1, -0.05) is 50.2 Å². The van der Waals surface area contributed by atoms with Gasteiger partial charge in [0.25, 0.3) is 5.91 Å². The van der Waals surface area contributed by atoms with Crippen LogP contribution in [0.5, 0.6) is 5.75 Å². The molecular formula is C19H22N2O3. The molecule has 0 heterocycles. The van der Waals surface area contributed by atoms with Crippen molar-refractivity contribution in [2.45, 2.75) is 26.9 Å². The lowest BCUT2D eigenvalue weighted by Gasteiger charge is -2.12. The van der Waals surface area contributed by atoms with E-state index in [1.807, 2.05) is 56.3 Å². The van der Waals surface area contributed by atoms with Gasteiger partial charge >= 0.3 is 0 Å². The smallest absolute Gasteiger partial charge is 0.270 e. The summed E-state index contributed by atoms with van der Waals surface area (Å²) in [5.74, 6) is 0.391. The number of hydrazine groups is 1.